The number of hydrogen-bond acceptors (Lipinski definition) is 6. The van der Waals surface area contributed by atoms with Crippen molar-refractivity contribution in [1.29, 1.82) is 0 Å². The van der Waals surface area contributed by atoms with Crippen molar-refractivity contribution >= 4 is 44.9 Å². The fourth-order valence-electron chi connectivity index (χ4n) is 2.12. The van der Waals surface area contributed by atoms with E-state index in [1.807, 2.05) is 23.6 Å². The van der Waals surface area contributed by atoms with Crippen LogP contribution in [0.1, 0.15) is 5.56 Å². The van der Waals surface area contributed by atoms with E-state index in [1.165, 1.54) is 0 Å². The summed E-state index contributed by atoms with van der Waals surface area (Å²) >= 11 is 9.52. The van der Waals surface area contributed by atoms with E-state index >= 15 is 0 Å². The molecule has 0 unspecified atom stereocenters. The molecule has 0 aliphatic carbocycles. The highest BCUT2D eigenvalue weighted by Gasteiger charge is 2.18. The molecule has 106 valence electrons. The molecule has 0 N–H and O–H groups in total. The van der Waals surface area contributed by atoms with Gasteiger partial charge in [-0.1, -0.05) is 11.6 Å². The maximum absolute atomic E-state index is 6.20. The first kappa shape index (κ1) is 13.2. The van der Waals surface area contributed by atoms with Crippen LogP contribution in [0.2, 0.25) is 5.02 Å². The minimum absolute atomic E-state index is 0.230. The molecule has 1 aromatic carbocycles. The molecule has 0 radical (unpaired) electrons. The van der Waals surface area contributed by atoms with Gasteiger partial charge in [0, 0.05) is 5.75 Å². The molecule has 0 saturated carbocycles. The van der Waals surface area contributed by atoms with Crippen molar-refractivity contribution in [2.75, 3.05) is 6.79 Å². The first-order chi connectivity index (χ1) is 10.3. The number of ether oxygens (including phenoxy) is 2. The number of hydrogen-bond donors (Lipinski definition) is 0. The van der Waals surface area contributed by atoms with E-state index < -0.39 is 0 Å². The third-order valence-electron chi connectivity index (χ3n) is 3.07. The fourth-order valence-corrected chi connectivity index (χ4v) is 4.29. The van der Waals surface area contributed by atoms with Crippen molar-refractivity contribution < 1.29 is 9.47 Å². The molecule has 0 saturated heterocycles. The summed E-state index contributed by atoms with van der Waals surface area (Å²) in [6.45, 7) is 0.230. The van der Waals surface area contributed by atoms with E-state index in [0.29, 0.717) is 16.5 Å². The average molecular weight is 337 g/mol. The van der Waals surface area contributed by atoms with Crippen LogP contribution >= 0.6 is 34.7 Å². The van der Waals surface area contributed by atoms with Gasteiger partial charge in [-0.15, -0.1) is 23.1 Å². The zero-order chi connectivity index (χ0) is 14.2. The second kappa shape index (κ2) is 5.36. The van der Waals surface area contributed by atoms with Gasteiger partial charge in [0.1, 0.15) is 11.4 Å². The Morgan fingerprint density at radius 2 is 2.24 bits per heavy atom. The number of nitrogens with zero attached hydrogens (tertiary/aromatic N) is 2. The molecule has 0 atom stereocenters. The number of rotatable bonds is 3. The SMILES string of the molecule is Clc1cc(CSc2ncnc3ccsc23)cc2c1OCO2. The molecule has 21 heavy (non-hydrogen) atoms. The van der Waals surface area contributed by atoms with Crippen LogP contribution in [0.4, 0.5) is 0 Å². The smallest absolute Gasteiger partial charge is 0.231 e. The Balaban J connectivity index is 1.60. The lowest BCUT2D eigenvalue weighted by atomic mass is 10.2. The molecule has 3 aromatic rings. The maximum atomic E-state index is 6.20. The predicted octanol–water partition coefficient (Wildman–Crippen LogP) is 4.37. The normalized spacial score (nSPS) is 13.0. The molecule has 3 heterocycles. The first-order valence-electron chi connectivity index (χ1n) is 6.20. The van der Waals surface area contributed by atoms with Crippen LogP contribution in [0.25, 0.3) is 10.2 Å². The Hall–Kier alpha value is -1.50. The molecule has 4 nitrogen and oxygen atoms in total. The van der Waals surface area contributed by atoms with Gasteiger partial charge in [-0.25, -0.2) is 9.97 Å². The number of thioether (sulfide) groups is 1. The second-order valence-corrected chi connectivity index (χ2v) is 6.70. The van der Waals surface area contributed by atoms with E-state index in [4.69, 9.17) is 21.1 Å². The van der Waals surface area contributed by atoms with Crippen LogP contribution in [-0.2, 0) is 5.75 Å². The summed E-state index contributed by atoms with van der Waals surface area (Å²) in [4.78, 5) is 8.61. The Kier molecular flexibility index (Phi) is 3.37. The first-order valence-corrected chi connectivity index (χ1v) is 8.44. The molecule has 4 rings (SSSR count). The zero-order valence-corrected chi connectivity index (χ0v) is 13.1. The van der Waals surface area contributed by atoms with Gasteiger partial charge >= 0.3 is 0 Å². The molecule has 0 amide bonds. The Bertz CT molecular complexity index is 822. The monoisotopic (exact) mass is 336 g/mol. The van der Waals surface area contributed by atoms with Gasteiger partial charge in [0.2, 0.25) is 6.79 Å². The van der Waals surface area contributed by atoms with Crippen LogP contribution in [0.5, 0.6) is 11.5 Å². The van der Waals surface area contributed by atoms with E-state index in [-0.39, 0.29) is 6.79 Å². The highest BCUT2D eigenvalue weighted by Crippen LogP contribution is 2.41. The lowest BCUT2D eigenvalue weighted by molar-refractivity contribution is 0.174. The Morgan fingerprint density at radius 3 is 3.19 bits per heavy atom. The van der Waals surface area contributed by atoms with Gasteiger partial charge < -0.3 is 9.47 Å². The van der Waals surface area contributed by atoms with E-state index in [1.54, 1.807) is 29.4 Å². The van der Waals surface area contributed by atoms with Crippen LogP contribution in [-0.4, -0.2) is 16.8 Å². The molecule has 0 fully saturated rings. The van der Waals surface area contributed by atoms with Crippen molar-refractivity contribution in [2.24, 2.45) is 0 Å². The summed E-state index contributed by atoms with van der Waals surface area (Å²) in [7, 11) is 0. The number of fused-ring (bicyclic) bond motifs is 2. The van der Waals surface area contributed by atoms with Crippen molar-refractivity contribution in [3.05, 3.63) is 40.5 Å². The quantitative estimate of drug-likeness (QED) is 0.525. The molecule has 0 spiro atoms. The fraction of sp³-hybridized carbons (Fsp3) is 0.143. The molecular formula is C14H9ClN2O2S2. The van der Waals surface area contributed by atoms with Crippen molar-refractivity contribution in [3.8, 4) is 11.5 Å². The summed E-state index contributed by atoms with van der Waals surface area (Å²) in [5, 5.41) is 3.61. The minimum Gasteiger partial charge on any atom is -0.454 e. The van der Waals surface area contributed by atoms with Crippen LogP contribution < -0.4 is 9.47 Å². The third-order valence-corrected chi connectivity index (χ3v) is 5.45. The maximum Gasteiger partial charge on any atom is 0.231 e. The molecule has 1 aliphatic rings. The number of aromatic nitrogens is 2. The number of benzene rings is 1. The minimum atomic E-state index is 0.230. The standard InChI is InChI=1S/C14H9ClN2O2S2/c15-9-3-8(4-11-12(9)19-7-18-11)5-21-14-13-10(1-2-20-13)16-6-17-14/h1-4,6H,5,7H2. The van der Waals surface area contributed by atoms with E-state index in [9.17, 15) is 0 Å². The molecule has 0 bridgehead atoms. The highest BCUT2D eigenvalue weighted by molar-refractivity contribution is 7.98. The van der Waals surface area contributed by atoms with Crippen molar-refractivity contribution in [3.63, 3.8) is 0 Å². The van der Waals surface area contributed by atoms with Crippen LogP contribution in [0.3, 0.4) is 0 Å². The molecule has 2 aromatic heterocycles. The lowest BCUT2D eigenvalue weighted by Gasteiger charge is -2.05. The second-order valence-electron chi connectivity index (χ2n) is 4.41. The number of halogens is 1. The topological polar surface area (TPSA) is 44.2 Å². The van der Waals surface area contributed by atoms with Crippen LogP contribution in [0, 0.1) is 0 Å². The van der Waals surface area contributed by atoms with Gasteiger partial charge in [-0.3, -0.25) is 0 Å². The van der Waals surface area contributed by atoms with E-state index in [0.717, 1.165) is 26.6 Å². The van der Waals surface area contributed by atoms with Gasteiger partial charge in [0.15, 0.2) is 11.5 Å². The van der Waals surface area contributed by atoms with Crippen molar-refractivity contribution in [1.82, 2.24) is 9.97 Å². The molecule has 7 heteroatoms. The summed E-state index contributed by atoms with van der Waals surface area (Å²) in [5.74, 6) is 2.11. The molecular weight excluding hydrogens is 328 g/mol. The Morgan fingerprint density at radius 1 is 1.29 bits per heavy atom. The average Bonchev–Trinajstić information content (AvgIpc) is 3.13. The molecule has 1 aliphatic heterocycles. The third kappa shape index (κ3) is 2.43. The van der Waals surface area contributed by atoms with Gasteiger partial charge in [-0.05, 0) is 29.1 Å². The van der Waals surface area contributed by atoms with Gasteiger partial charge in [0.25, 0.3) is 0 Å². The Labute approximate surface area is 134 Å². The summed E-state index contributed by atoms with van der Waals surface area (Å²) < 4.78 is 11.8. The summed E-state index contributed by atoms with van der Waals surface area (Å²) in [5.41, 5.74) is 2.07. The van der Waals surface area contributed by atoms with Crippen molar-refractivity contribution in [2.45, 2.75) is 10.8 Å². The van der Waals surface area contributed by atoms with Gasteiger partial charge in [-0.2, -0.15) is 0 Å². The zero-order valence-electron chi connectivity index (χ0n) is 10.7. The van der Waals surface area contributed by atoms with E-state index in [2.05, 4.69) is 9.97 Å². The lowest BCUT2D eigenvalue weighted by Crippen LogP contribution is -1.93. The van der Waals surface area contributed by atoms with Crippen LogP contribution in [0.15, 0.2) is 34.9 Å². The number of thiophene rings is 1. The summed E-state index contributed by atoms with van der Waals surface area (Å²) in [6.07, 6.45) is 1.60. The van der Waals surface area contributed by atoms with Gasteiger partial charge in [0.05, 0.1) is 15.2 Å². The largest absolute Gasteiger partial charge is 0.454 e. The summed E-state index contributed by atoms with van der Waals surface area (Å²) in [6, 6.07) is 5.88. The highest BCUT2D eigenvalue weighted by atomic mass is 35.5. The predicted molar refractivity (Wildman–Crippen MR) is 84.6 cm³/mol.